The van der Waals surface area contributed by atoms with Gasteiger partial charge in [-0.15, -0.1) is 0 Å². The van der Waals surface area contributed by atoms with E-state index in [-0.39, 0.29) is 6.04 Å². The van der Waals surface area contributed by atoms with Gasteiger partial charge in [0.2, 0.25) is 0 Å². The number of hydrogen-bond donors (Lipinski definition) is 1. The lowest BCUT2D eigenvalue weighted by Gasteiger charge is -2.24. The van der Waals surface area contributed by atoms with Gasteiger partial charge in [0.05, 0.1) is 0 Å². The molecule has 1 saturated heterocycles. The predicted molar refractivity (Wildman–Crippen MR) is 85.6 cm³/mol. The van der Waals surface area contributed by atoms with Crippen molar-refractivity contribution in [2.75, 3.05) is 38.6 Å². The second-order valence-corrected chi connectivity index (χ2v) is 6.65. The summed E-state index contributed by atoms with van der Waals surface area (Å²) >= 11 is 3.62. The van der Waals surface area contributed by atoms with Crippen molar-refractivity contribution in [1.29, 1.82) is 0 Å². The normalized spacial score (nSPS) is 21.6. The number of nitrogens with zero attached hydrogens (tertiary/aromatic N) is 2. The number of halogens is 1. The van der Waals surface area contributed by atoms with E-state index in [1.54, 1.807) is 0 Å². The van der Waals surface area contributed by atoms with Crippen molar-refractivity contribution in [3.05, 3.63) is 28.2 Å². The highest BCUT2D eigenvalue weighted by Crippen LogP contribution is 2.28. The maximum Gasteiger partial charge on any atom is 0.0375 e. The fourth-order valence-corrected chi connectivity index (χ4v) is 3.52. The van der Waals surface area contributed by atoms with Crippen LogP contribution in [-0.4, -0.2) is 38.6 Å². The van der Waals surface area contributed by atoms with Gasteiger partial charge in [-0.25, -0.2) is 0 Å². The molecule has 1 aliphatic rings. The van der Waals surface area contributed by atoms with Gasteiger partial charge in [-0.1, -0.05) is 22.0 Å². The van der Waals surface area contributed by atoms with E-state index in [4.69, 9.17) is 5.73 Å². The smallest absolute Gasteiger partial charge is 0.0375 e. The second kappa shape index (κ2) is 6.25. The third-order valence-corrected chi connectivity index (χ3v) is 4.62. The zero-order valence-corrected chi connectivity index (χ0v) is 13.7. The van der Waals surface area contributed by atoms with Crippen LogP contribution in [0.5, 0.6) is 0 Å². The van der Waals surface area contributed by atoms with Crippen molar-refractivity contribution in [3.8, 4) is 0 Å². The van der Waals surface area contributed by atoms with E-state index in [0.717, 1.165) is 22.5 Å². The fourth-order valence-electron chi connectivity index (χ4n) is 2.79. The molecule has 2 rings (SSSR count). The van der Waals surface area contributed by atoms with Gasteiger partial charge < -0.3 is 15.5 Å². The van der Waals surface area contributed by atoms with Gasteiger partial charge in [0.1, 0.15) is 0 Å². The largest absolute Gasteiger partial charge is 0.374 e. The van der Waals surface area contributed by atoms with Crippen LogP contribution >= 0.6 is 15.9 Å². The molecular weight excluding hydrogens is 302 g/mol. The summed E-state index contributed by atoms with van der Waals surface area (Å²) in [6.07, 6.45) is 1.31. The van der Waals surface area contributed by atoms with Crippen molar-refractivity contribution < 1.29 is 0 Å². The molecule has 3 nitrogen and oxygen atoms in total. The molecular formula is C15H24BrN3. The van der Waals surface area contributed by atoms with Crippen LogP contribution in [0.3, 0.4) is 0 Å². The Morgan fingerprint density at radius 1 is 1.53 bits per heavy atom. The van der Waals surface area contributed by atoms with E-state index in [9.17, 15) is 0 Å². The Balaban J connectivity index is 2.03. The third-order valence-electron chi connectivity index (χ3n) is 3.94. The highest BCUT2D eigenvalue weighted by atomic mass is 79.9. The number of anilines is 1. The molecule has 0 aliphatic carbocycles. The highest BCUT2D eigenvalue weighted by Gasteiger charge is 2.21. The van der Waals surface area contributed by atoms with Crippen molar-refractivity contribution in [3.63, 3.8) is 0 Å². The topological polar surface area (TPSA) is 32.5 Å². The molecule has 19 heavy (non-hydrogen) atoms. The first kappa shape index (κ1) is 14.8. The Morgan fingerprint density at radius 3 is 2.79 bits per heavy atom. The monoisotopic (exact) mass is 325 g/mol. The molecule has 0 amide bonds. The van der Waals surface area contributed by atoms with Crippen LogP contribution in [0.2, 0.25) is 0 Å². The summed E-state index contributed by atoms with van der Waals surface area (Å²) < 4.78 is 1.11. The van der Waals surface area contributed by atoms with Crippen LogP contribution in [0.25, 0.3) is 0 Å². The fraction of sp³-hybridized carbons (Fsp3) is 0.600. The molecule has 4 heteroatoms. The van der Waals surface area contributed by atoms with Gasteiger partial charge in [0.25, 0.3) is 0 Å². The first-order valence-corrected chi connectivity index (χ1v) is 7.71. The van der Waals surface area contributed by atoms with Crippen molar-refractivity contribution in [2.24, 2.45) is 11.7 Å². The molecule has 0 saturated carbocycles. The van der Waals surface area contributed by atoms with Crippen LogP contribution in [0.15, 0.2) is 22.7 Å². The Hall–Kier alpha value is -0.580. The number of hydrogen-bond acceptors (Lipinski definition) is 3. The lowest BCUT2D eigenvalue weighted by Crippen LogP contribution is -2.27. The van der Waals surface area contributed by atoms with E-state index >= 15 is 0 Å². The van der Waals surface area contributed by atoms with Crippen LogP contribution in [0, 0.1) is 5.92 Å². The summed E-state index contributed by atoms with van der Waals surface area (Å²) in [5, 5.41) is 0. The van der Waals surface area contributed by atoms with Crippen molar-refractivity contribution in [2.45, 2.75) is 19.4 Å². The molecule has 1 aromatic rings. The number of likely N-dealkylation sites (tertiary alicyclic amines) is 1. The van der Waals surface area contributed by atoms with Gasteiger partial charge in [0, 0.05) is 36.3 Å². The number of nitrogens with two attached hydrogens (primary N) is 1. The van der Waals surface area contributed by atoms with E-state index in [0.29, 0.717) is 0 Å². The van der Waals surface area contributed by atoms with E-state index < -0.39 is 0 Å². The summed E-state index contributed by atoms with van der Waals surface area (Å²) in [5.41, 5.74) is 8.36. The van der Waals surface area contributed by atoms with E-state index in [2.05, 4.69) is 58.0 Å². The summed E-state index contributed by atoms with van der Waals surface area (Å²) in [6.45, 7) is 5.57. The zero-order chi connectivity index (χ0) is 14.0. The standard InChI is InChI=1S/C15H24BrN3/c1-11(17)14-5-4-13(8-15(14)16)19(3)10-12-6-7-18(2)9-12/h4-5,8,11-12H,6-7,9-10,17H2,1-3H3/t11-,12?/m0/s1. The molecule has 0 spiro atoms. The Morgan fingerprint density at radius 2 is 2.26 bits per heavy atom. The van der Waals surface area contributed by atoms with Gasteiger partial charge in [-0.2, -0.15) is 0 Å². The maximum absolute atomic E-state index is 5.94. The van der Waals surface area contributed by atoms with Crippen LogP contribution in [0.1, 0.15) is 24.9 Å². The quantitative estimate of drug-likeness (QED) is 0.923. The molecule has 1 heterocycles. The molecule has 1 fully saturated rings. The zero-order valence-electron chi connectivity index (χ0n) is 12.1. The van der Waals surface area contributed by atoms with Gasteiger partial charge in [-0.05, 0) is 50.6 Å². The minimum absolute atomic E-state index is 0.0669. The summed E-state index contributed by atoms with van der Waals surface area (Å²) in [4.78, 5) is 4.76. The predicted octanol–water partition coefficient (Wildman–Crippen LogP) is 2.86. The number of rotatable bonds is 4. The molecule has 106 valence electrons. The highest BCUT2D eigenvalue weighted by molar-refractivity contribution is 9.10. The summed E-state index contributed by atoms with van der Waals surface area (Å²) in [7, 11) is 4.37. The summed E-state index contributed by atoms with van der Waals surface area (Å²) in [6, 6.07) is 6.54. The second-order valence-electron chi connectivity index (χ2n) is 5.79. The molecule has 0 aromatic heterocycles. The first-order valence-electron chi connectivity index (χ1n) is 6.92. The van der Waals surface area contributed by atoms with Crippen LogP contribution < -0.4 is 10.6 Å². The lowest BCUT2D eigenvalue weighted by atomic mass is 10.1. The Kier molecular flexibility index (Phi) is 4.87. The average molecular weight is 326 g/mol. The van der Waals surface area contributed by atoms with Gasteiger partial charge in [-0.3, -0.25) is 0 Å². The average Bonchev–Trinajstić information content (AvgIpc) is 2.74. The van der Waals surface area contributed by atoms with Crippen LogP contribution in [-0.2, 0) is 0 Å². The van der Waals surface area contributed by atoms with Gasteiger partial charge >= 0.3 is 0 Å². The third kappa shape index (κ3) is 3.71. The lowest BCUT2D eigenvalue weighted by molar-refractivity contribution is 0.396. The molecule has 0 bridgehead atoms. The van der Waals surface area contributed by atoms with Crippen LogP contribution in [0.4, 0.5) is 5.69 Å². The van der Waals surface area contributed by atoms with E-state index in [1.165, 1.54) is 25.2 Å². The molecule has 2 N–H and O–H groups in total. The molecule has 0 radical (unpaired) electrons. The van der Waals surface area contributed by atoms with Gasteiger partial charge in [0.15, 0.2) is 0 Å². The first-order chi connectivity index (χ1) is 8.97. The summed E-state index contributed by atoms with van der Waals surface area (Å²) in [5.74, 6) is 0.780. The minimum atomic E-state index is 0.0669. The molecule has 1 aromatic carbocycles. The molecule has 1 aliphatic heterocycles. The minimum Gasteiger partial charge on any atom is -0.374 e. The molecule has 2 atom stereocenters. The molecule has 1 unspecified atom stereocenters. The van der Waals surface area contributed by atoms with E-state index in [1.807, 2.05) is 6.92 Å². The maximum atomic E-state index is 5.94. The Labute approximate surface area is 124 Å². The van der Waals surface area contributed by atoms with Crippen molar-refractivity contribution >= 4 is 21.6 Å². The SMILES string of the molecule is C[C@H](N)c1ccc(N(C)CC2CCN(C)C2)cc1Br. The number of benzene rings is 1. The van der Waals surface area contributed by atoms with Crippen molar-refractivity contribution in [1.82, 2.24) is 4.90 Å². The Bertz CT molecular complexity index is 433.